The first-order valence-corrected chi connectivity index (χ1v) is 23.5. The summed E-state index contributed by atoms with van der Waals surface area (Å²) in [4.78, 5) is 18.3. The minimum atomic E-state index is 0.838. The molecule has 8 aromatic rings. The van der Waals surface area contributed by atoms with Crippen LogP contribution in [0.4, 0.5) is 0 Å². The number of fused-ring (bicyclic) bond motifs is 1. The molecule has 0 N–H and O–H groups in total. The summed E-state index contributed by atoms with van der Waals surface area (Å²) in [7, 11) is 5.88. The first-order valence-electron chi connectivity index (χ1n) is 20.3. The third kappa shape index (κ3) is 15.6. The lowest BCUT2D eigenvalue weighted by atomic mass is 9.99. The zero-order chi connectivity index (χ0) is 47.3. The lowest BCUT2D eigenvalue weighted by Gasteiger charge is -2.09. The van der Waals surface area contributed by atoms with Gasteiger partial charge in [-0.05, 0) is 195 Å². The van der Waals surface area contributed by atoms with Gasteiger partial charge in [-0.3, -0.25) is 9.36 Å². The van der Waals surface area contributed by atoms with Crippen molar-refractivity contribution in [3.05, 3.63) is 110 Å². The van der Waals surface area contributed by atoms with Gasteiger partial charge in [0.1, 0.15) is 38.3 Å². The number of nitrogens with zero attached hydrogens (tertiary/aromatic N) is 13. The molecule has 1 aromatic carbocycles. The van der Waals surface area contributed by atoms with Crippen molar-refractivity contribution in [2.24, 2.45) is 21.1 Å². The summed E-state index contributed by atoms with van der Waals surface area (Å²) in [6, 6.07) is 0. The van der Waals surface area contributed by atoms with Crippen LogP contribution in [0.1, 0.15) is 110 Å². The smallest absolute Gasteiger partial charge is 0.147 e. The van der Waals surface area contributed by atoms with Crippen molar-refractivity contribution in [1.29, 1.82) is 0 Å². The molecule has 0 spiro atoms. The Morgan fingerprint density at radius 1 is 0.387 bits per heavy atom. The summed E-state index contributed by atoms with van der Waals surface area (Å²) in [5, 5.41) is 20.1. The van der Waals surface area contributed by atoms with E-state index in [4.69, 9.17) is 0 Å². The molecule has 0 unspecified atom stereocenters. The standard InChI is InChI=1S/C12H15NS.2C7H12N2.C6H9NS.C5H9N3.2C4H6N2S/c1-6-7(2)9(4)12-11(8(6)3)13-10(5)14-12;1-5-6(2)9(4)7(3)8-5;1-5-6(2)8-9(4)7(5)3;1-4-5(2)7-8-6(4)3;1-4-6-5(2)8(3)7-4;1-3-5-6-4(2)7-3;1-3-5-4(2)7-6-3/h1-5H3;2*1-4H3;2*1-3H3;2*1-2H3. The molecule has 0 aliphatic carbocycles. The Bertz CT molecular complexity index is 2390. The van der Waals surface area contributed by atoms with Crippen LogP contribution in [-0.2, 0) is 21.1 Å². The molecule has 17 heteroatoms. The molecule has 0 amide bonds. The van der Waals surface area contributed by atoms with Gasteiger partial charge in [-0.15, -0.1) is 32.9 Å². The van der Waals surface area contributed by atoms with E-state index in [1.807, 2.05) is 95.1 Å². The number of aryl methyl sites for hydroxylation is 16. The zero-order valence-electron chi connectivity index (χ0n) is 41.4. The molecule has 338 valence electrons. The largest absolute Gasteiger partial charge is 0.335 e. The van der Waals surface area contributed by atoms with Crippen LogP contribution in [0.2, 0.25) is 0 Å². The Hall–Kier alpha value is -4.58. The molecule has 7 heterocycles. The van der Waals surface area contributed by atoms with Crippen molar-refractivity contribution in [2.75, 3.05) is 0 Å². The van der Waals surface area contributed by atoms with Gasteiger partial charge < -0.3 is 4.57 Å². The SMILES string of the molecule is Cc1nc(C)n(C)c1C.Cc1nc(C)n(C)n1.Cc1nc2c(C)c(C)c(C)c(C)c2s1.Cc1nn(C)c(C)c1C.Cc1nnc(C)s1.Cc1nsc(C)c1C.Cc1nsc(C)n1. The second-order valence-corrected chi connectivity index (χ2v) is 19.7. The molecule has 0 saturated heterocycles. The molecular weight excluding hydrogens is 851 g/mol. The summed E-state index contributed by atoms with van der Waals surface area (Å²) in [5.74, 6) is 3.76. The van der Waals surface area contributed by atoms with Crippen LogP contribution in [0.3, 0.4) is 0 Å². The first kappa shape index (κ1) is 53.6. The lowest BCUT2D eigenvalue weighted by molar-refractivity contribution is 0.728. The van der Waals surface area contributed by atoms with Crippen molar-refractivity contribution in [1.82, 2.24) is 63.0 Å². The van der Waals surface area contributed by atoms with Crippen molar-refractivity contribution in [3.8, 4) is 0 Å². The third-order valence-electron chi connectivity index (χ3n) is 10.6. The molecule has 13 nitrogen and oxygen atoms in total. The van der Waals surface area contributed by atoms with E-state index >= 15 is 0 Å². The summed E-state index contributed by atoms with van der Waals surface area (Å²) in [5.41, 5.74) is 15.3. The van der Waals surface area contributed by atoms with Gasteiger partial charge in [0.2, 0.25) is 0 Å². The van der Waals surface area contributed by atoms with Crippen LogP contribution in [-0.4, -0.2) is 63.0 Å². The van der Waals surface area contributed by atoms with Gasteiger partial charge in [-0.1, -0.05) is 0 Å². The fourth-order valence-corrected chi connectivity index (χ4v) is 8.35. The number of hydrogen-bond acceptors (Lipinski definition) is 14. The van der Waals surface area contributed by atoms with Crippen molar-refractivity contribution in [2.45, 2.75) is 138 Å². The molecule has 0 radical (unpaired) electrons. The summed E-state index contributed by atoms with van der Waals surface area (Å²) < 4.78 is 15.2. The van der Waals surface area contributed by atoms with Gasteiger partial charge in [-0.25, -0.2) is 19.9 Å². The van der Waals surface area contributed by atoms with Crippen molar-refractivity contribution < 1.29 is 0 Å². The van der Waals surface area contributed by atoms with E-state index in [0.29, 0.717) is 0 Å². The quantitative estimate of drug-likeness (QED) is 0.144. The molecule has 7 aromatic heterocycles. The number of aromatic nitrogens is 13. The minimum absolute atomic E-state index is 0.838. The second-order valence-electron chi connectivity index (χ2n) is 15.2. The summed E-state index contributed by atoms with van der Waals surface area (Å²) >= 11 is 6.45. The number of benzene rings is 1. The first-order chi connectivity index (χ1) is 28.8. The van der Waals surface area contributed by atoms with Gasteiger partial charge in [-0.2, -0.15) is 18.9 Å². The average molecular weight is 920 g/mol. The van der Waals surface area contributed by atoms with Gasteiger partial charge in [0.15, 0.2) is 0 Å². The molecule has 0 fully saturated rings. The van der Waals surface area contributed by atoms with E-state index < -0.39 is 0 Å². The van der Waals surface area contributed by atoms with Crippen molar-refractivity contribution in [3.63, 3.8) is 0 Å². The number of hydrogen-bond donors (Lipinski definition) is 0. The molecule has 0 atom stereocenters. The van der Waals surface area contributed by atoms with Crippen LogP contribution in [0.25, 0.3) is 10.2 Å². The van der Waals surface area contributed by atoms with E-state index in [1.165, 1.54) is 77.1 Å². The summed E-state index contributed by atoms with van der Waals surface area (Å²) in [6.45, 7) is 41.0. The molecule has 0 aliphatic heterocycles. The van der Waals surface area contributed by atoms with E-state index in [2.05, 4.69) is 123 Å². The molecular formula is C45H69N13S4. The molecule has 0 aliphatic rings. The maximum absolute atomic E-state index is 4.59. The molecule has 62 heavy (non-hydrogen) atoms. The highest BCUT2D eigenvalue weighted by molar-refractivity contribution is 7.18. The highest BCUT2D eigenvalue weighted by Crippen LogP contribution is 2.32. The monoisotopic (exact) mass is 919 g/mol. The minimum Gasteiger partial charge on any atom is -0.335 e. The second kappa shape index (κ2) is 24.3. The topological polar surface area (TPSA) is 144 Å². The normalized spacial score (nSPS) is 10.2. The molecule has 0 saturated carbocycles. The fourth-order valence-electron chi connectivity index (χ4n) is 5.55. The third-order valence-corrected chi connectivity index (χ3v) is 14.1. The van der Waals surface area contributed by atoms with E-state index in [0.717, 1.165) is 54.7 Å². The Balaban J connectivity index is 0.000000253. The van der Waals surface area contributed by atoms with Gasteiger partial charge in [0.05, 0.1) is 32.3 Å². The fraction of sp³-hybridized carbons (Fsp3) is 0.511. The van der Waals surface area contributed by atoms with E-state index in [9.17, 15) is 0 Å². The highest BCUT2D eigenvalue weighted by Gasteiger charge is 2.12. The number of imidazole rings is 1. The Morgan fingerprint density at radius 2 is 0.968 bits per heavy atom. The average Bonchev–Trinajstić information content (AvgIpc) is 4.09. The maximum atomic E-state index is 4.59. The van der Waals surface area contributed by atoms with E-state index in [-0.39, 0.29) is 0 Å². The molecule has 0 bridgehead atoms. The van der Waals surface area contributed by atoms with Crippen LogP contribution in [0.15, 0.2) is 0 Å². The van der Waals surface area contributed by atoms with Gasteiger partial charge >= 0.3 is 0 Å². The Morgan fingerprint density at radius 3 is 1.21 bits per heavy atom. The number of thiazole rings is 1. The predicted octanol–water partition coefficient (Wildman–Crippen LogP) is 11.3. The van der Waals surface area contributed by atoms with Crippen molar-refractivity contribution >= 4 is 56.0 Å². The van der Waals surface area contributed by atoms with Crippen LogP contribution in [0.5, 0.6) is 0 Å². The predicted molar refractivity (Wildman–Crippen MR) is 264 cm³/mol. The number of rotatable bonds is 0. The van der Waals surface area contributed by atoms with Gasteiger partial charge in [0.25, 0.3) is 0 Å². The maximum Gasteiger partial charge on any atom is 0.147 e. The van der Waals surface area contributed by atoms with Crippen LogP contribution < -0.4 is 0 Å². The Labute approximate surface area is 386 Å². The van der Waals surface area contributed by atoms with Crippen LogP contribution in [0, 0.1) is 138 Å². The lowest BCUT2D eigenvalue weighted by Crippen LogP contribution is -1.92. The van der Waals surface area contributed by atoms with Gasteiger partial charge in [0, 0.05) is 37.4 Å². The van der Waals surface area contributed by atoms with Crippen LogP contribution >= 0.6 is 45.7 Å². The Kier molecular flexibility index (Phi) is 21.0. The molecule has 8 rings (SSSR count). The summed E-state index contributed by atoms with van der Waals surface area (Å²) in [6.07, 6.45) is 0. The zero-order valence-corrected chi connectivity index (χ0v) is 44.7. The highest BCUT2D eigenvalue weighted by atomic mass is 32.1. The van der Waals surface area contributed by atoms with E-state index in [1.54, 1.807) is 38.9 Å².